The maximum atomic E-state index is 14.6. The van der Waals surface area contributed by atoms with Crippen LogP contribution in [0.2, 0.25) is 0 Å². The first-order chi connectivity index (χ1) is 21.6. The average molecular weight is 629 g/mol. The van der Waals surface area contributed by atoms with Gasteiger partial charge in [-0.25, -0.2) is 9.97 Å². The number of carbonyl (C=O) groups is 2. The minimum atomic E-state index is -4.57. The molecule has 12 heteroatoms. The number of rotatable bonds is 9. The third kappa shape index (κ3) is 5.74. The Morgan fingerprint density at radius 3 is 2.56 bits per heavy atom. The van der Waals surface area contributed by atoms with Gasteiger partial charge in [0.1, 0.15) is 5.41 Å². The number of alkyl halides is 3. The minimum Gasteiger partial charge on any atom is -0.477 e. The number of fused-ring (bicyclic) bond motifs is 2. The average Bonchev–Trinajstić information content (AvgIpc) is 3.65. The van der Waals surface area contributed by atoms with Crippen molar-refractivity contribution < 1.29 is 27.5 Å². The normalized spacial score (nSPS) is 27.0. The van der Waals surface area contributed by atoms with Crippen molar-refractivity contribution in [1.82, 2.24) is 25.1 Å². The molecule has 244 valence electrons. The van der Waals surface area contributed by atoms with E-state index >= 15 is 0 Å². The molecule has 2 aliphatic heterocycles. The molecule has 4 fully saturated rings. The lowest BCUT2D eigenvalue weighted by Crippen LogP contribution is -2.61. The second kappa shape index (κ2) is 12.4. The summed E-state index contributed by atoms with van der Waals surface area (Å²) in [7, 11) is 2.04. The summed E-state index contributed by atoms with van der Waals surface area (Å²) in [5.41, 5.74) is -0.236. The highest BCUT2D eigenvalue weighted by Gasteiger charge is 2.70. The molecule has 2 bridgehead atoms. The summed E-state index contributed by atoms with van der Waals surface area (Å²) in [6.45, 7) is 7.20. The van der Waals surface area contributed by atoms with Crippen LogP contribution in [-0.2, 0) is 4.79 Å². The maximum Gasteiger partial charge on any atom is 0.403 e. The number of nitrogens with one attached hydrogen (secondary N) is 1. The molecule has 4 heterocycles. The number of ether oxygens (including phenoxy) is 1. The Morgan fingerprint density at radius 1 is 1.11 bits per heavy atom. The molecule has 2 aromatic rings. The largest absolute Gasteiger partial charge is 0.477 e. The lowest BCUT2D eigenvalue weighted by Gasteiger charge is -2.47. The van der Waals surface area contributed by atoms with Crippen molar-refractivity contribution in [3.8, 4) is 17.1 Å². The molecule has 0 radical (unpaired) electrons. The van der Waals surface area contributed by atoms with Gasteiger partial charge in [0, 0.05) is 57.4 Å². The number of hydrogen-bond acceptors (Lipinski definition) is 7. The van der Waals surface area contributed by atoms with Crippen LogP contribution >= 0.6 is 0 Å². The first-order valence-electron chi connectivity index (χ1n) is 16.2. The molecular formula is C33H43F3N6O3. The topological polar surface area (TPSA) is 90.9 Å². The quantitative estimate of drug-likeness (QED) is 0.433. The van der Waals surface area contributed by atoms with Crippen molar-refractivity contribution >= 4 is 17.5 Å². The summed E-state index contributed by atoms with van der Waals surface area (Å²) in [5.74, 6) is -0.963. The number of amides is 2. The molecule has 4 atom stereocenters. The highest BCUT2D eigenvalue weighted by molar-refractivity contribution is 5.98. The lowest BCUT2D eigenvalue weighted by atomic mass is 9.71. The third-order valence-electron chi connectivity index (χ3n) is 10.4. The van der Waals surface area contributed by atoms with Gasteiger partial charge < -0.3 is 24.8 Å². The SMILES string of the molecule is CCOc1ncccc1-c1ccc(N2CCN(C(=O)C3(C(F)(F)F)CC4CCC3C4)C[C@H]2CC)c(C(=O)NCC2CN(C)C2)n1. The van der Waals surface area contributed by atoms with E-state index in [1.54, 1.807) is 12.3 Å². The predicted octanol–water partition coefficient (Wildman–Crippen LogP) is 4.63. The van der Waals surface area contributed by atoms with E-state index in [9.17, 15) is 22.8 Å². The van der Waals surface area contributed by atoms with Gasteiger partial charge in [0.05, 0.1) is 23.6 Å². The van der Waals surface area contributed by atoms with Crippen molar-refractivity contribution in [3.05, 3.63) is 36.2 Å². The summed E-state index contributed by atoms with van der Waals surface area (Å²) in [4.78, 5) is 42.4. The Balaban J connectivity index is 1.28. The second-order valence-electron chi connectivity index (χ2n) is 13.2. The number of hydrogen-bond donors (Lipinski definition) is 1. The highest BCUT2D eigenvalue weighted by atomic mass is 19.4. The number of piperazine rings is 1. The number of halogens is 3. The second-order valence-corrected chi connectivity index (χ2v) is 13.2. The number of carbonyl (C=O) groups excluding carboxylic acids is 2. The zero-order valence-electron chi connectivity index (χ0n) is 26.3. The van der Waals surface area contributed by atoms with Gasteiger partial charge in [-0.15, -0.1) is 0 Å². The van der Waals surface area contributed by atoms with E-state index in [4.69, 9.17) is 9.72 Å². The van der Waals surface area contributed by atoms with Crippen molar-refractivity contribution in [1.29, 1.82) is 0 Å². The molecule has 9 nitrogen and oxygen atoms in total. The van der Waals surface area contributed by atoms with E-state index < -0.39 is 23.4 Å². The number of nitrogens with zero attached hydrogens (tertiary/aromatic N) is 5. The van der Waals surface area contributed by atoms with Crippen LogP contribution in [0.3, 0.4) is 0 Å². The van der Waals surface area contributed by atoms with Crippen LogP contribution in [0.5, 0.6) is 5.88 Å². The minimum absolute atomic E-state index is 0.0297. The zero-order valence-corrected chi connectivity index (χ0v) is 26.3. The van der Waals surface area contributed by atoms with Crippen LogP contribution < -0.4 is 15.0 Å². The van der Waals surface area contributed by atoms with Crippen molar-refractivity contribution in [2.45, 2.75) is 58.2 Å². The molecule has 0 aromatic carbocycles. The molecule has 6 rings (SSSR count). The zero-order chi connectivity index (χ0) is 31.9. The van der Waals surface area contributed by atoms with E-state index in [2.05, 4.69) is 15.2 Å². The molecular weight excluding hydrogens is 585 g/mol. The predicted molar refractivity (Wildman–Crippen MR) is 164 cm³/mol. The Morgan fingerprint density at radius 2 is 1.91 bits per heavy atom. The molecule has 1 N–H and O–H groups in total. The standard InChI is InChI=1S/C33H43F3N6O3/c1-4-24-20-41(31(44)32(33(34,35)36)16-21-8-9-23(32)15-21)13-14-42(24)27-11-10-26(25-7-6-12-37-30(25)45-5-2)39-28(27)29(43)38-17-22-18-40(3)19-22/h6-7,10-12,21-24H,4-5,8-9,13-20H2,1-3H3,(H,38,43)/t21?,23?,24-,32?/m1/s1. The highest BCUT2D eigenvalue weighted by Crippen LogP contribution is 2.63. The third-order valence-corrected chi connectivity index (χ3v) is 10.4. The van der Waals surface area contributed by atoms with E-state index in [0.717, 1.165) is 19.5 Å². The fraction of sp³-hybridized carbons (Fsp3) is 0.636. The van der Waals surface area contributed by atoms with Gasteiger partial charge in [0.15, 0.2) is 5.69 Å². The molecule has 45 heavy (non-hydrogen) atoms. The fourth-order valence-electron chi connectivity index (χ4n) is 8.16. The van der Waals surface area contributed by atoms with E-state index in [1.807, 2.05) is 44.0 Å². The van der Waals surface area contributed by atoms with E-state index in [-0.39, 0.29) is 43.1 Å². The van der Waals surface area contributed by atoms with Gasteiger partial charge in [-0.3, -0.25) is 9.59 Å². The van der Waals surface area contributed by atoms with Gasteiger partial charge in [0.25, 0.3) is 5.91 Å². The molecule has 2 amide bonds. The lowest BCUT2D eigenvalue weighted by molar-refractivity contribution is -0.241. The molecule has 0 spiro atoms. The van der Waals surface area contributed by atoms with Crippen LogP contribution in [-0.4, -0.2) is 96.7 Å². The Hall–Kier alpha value is -3.41. The monoisotopic (exact) mass is 628 g/mol. The van der Waals surface area contributed by atoms with Crippen LogP contribution in [0.1, 0.15) is 56.4 Å². The van der Waals surface area contributed by atoms with Crippen LogP contribution in [0.4, 0.5) is 18.9 Å². The van der Waals surface area contributed by atoms with Gasteiger partial charge in [-0.1, -0.05) is 13.3 Å². The summed E-state index contributed by atoms with van der Waals surface area (Å²) >= 11 is 0. The summed E-state index contributed by atoms with van der Waals surface area (Å²) in [5, 5.41) is 3.06. The van der Waals surface area contributed by atoms with E-state index in [0.29, 0.717) is 67.7 Å². The molecule has 2 saturated heterocycles. The van der Waals surface area contributed by atoms with Crippen molar-refractivity contribution in [2.75, 3.05) is 57.8 Å². The van der Waals surface area contributed by atoms with Gasteiger partial charge in [-0.2, -0.15) is 13.2 Å². The van der Waals surface area contributed by atoms with E-state index in [1.165, 1.54) is 4.90 Å². The molecule has 4 aliphatic rings. The summed E-state index contributed by atoms with van der Waals surface area (Å²) in [6.07, 6.45) is -0.725. The summed E-state index contributed by atoms with van der Waals surface area (Å²) in [6, 6.07) is 7.03. The van der Waals surface area contributed by atoms with Gasteiger partial charge >= 0.3 is 6.18 Å². The first-order valence-corrected chi connectivity index (χ1v) is 16.2. The van der Waals surface area contributed by atoms with Crippen molar-refractivity contribution in [2.24, 2.45) is 23.2 Å². The summed E-state index contributed by atoms with van der Waals surface area (Å²) < 4.78 is 49.7. The van der Waals surface area contributed by atoms with Crippen LogP contribution in [0.25, 0.3) is 11.3 Å². The van der Waals surface area contributed by atoms with Crippen LogP contribution in [0, 0.1) is 23.2 Å². The number of anilines is 1. The molecule has 2 saturated carbocycles. The smallest absolute Gasteiger partial charge is 0.403 e. The Bertz CT molecular complexity index is 1420. The fourth-order valence-corrected chi connectivity index (χ4v) is 8.16. The van der Waals surface area contributed by atoms with Crippen molar-refractivity contribution in [3.63, 3.8) is 0 Å². The van der Waals surface area contributed by atoms with Crippen LogP contribution in [0.15, 0.2) is 30.5 Å². The molecule has 2 aromatic heterocycles. The van der Waals surface area contributed by atoms with Gasteiger partial charge in [-0.05, 0) is 75.8 Å². The van der Waals surface area contributed by atoms with Gasteiger partial charge in [0.2, 0.25) is 11.8 Å². The Kier molecular flexibility index (Phi) is 8.71. The number of pyridine rings is 2. The first kappa shape index (κ1) is 31.6. The number of aromatic nitrogens is 2. The molecule has 3 unspecified atom stereocenters. The number of likely N-dealkylation sites (tertiary alicyclic amines) is 1. The molecule has 2 aliphatic carbocycles. The maximum absolute atomic E-state index is 14.6. The Labute approximate surface area is 262 Å².